The molecule has 5 nitrogen and oxygen atoms in total. The highest BCUT2D eigenvalue weighted by Crippen LogP contribution is 2.52. The van der Waals surface area contributed by atoms with E-state index in [1.54, 1.807) is 24.3 Å². The summed E-state index contributed by atoms with van der Waals surface area (Å²) < 4.78 is 64.2. The van der Waals surface area contributed by atoms with E-state index in [1.807, 2.05) is 0 Å². The number of hydrogen-bond donors (Lipinski definition) is 2. The van der Waals surface area contributed by atoms with Crippen molar-refractivity contribution < 1.29 is 27.1 Å². The number of aromatic nitrogens is 1. The van der Waals surface area contributed by atoms with E-state index in [4.69, 9.17) is 16.3 Å². The number of carbonyl (C=O) groups excluding carboxylic acids is 1. The molecule has 0 saturated heterocycles. The molecule has 0 aliphatic carbocycles. The molecule has 0 saturated carbocycles. The van der Waals surface area contributed by atoms with Gasteiger partial charge in [0.25, 0.3) is 0 Å². The second kappa shape index (κ2) is 8.20. The van der Waals surface area contributed by atoms with Crippen molar-refractivity contribution in [2.24, 2.45) is 0 Å². The number of carbonyl (C=O) groups is 1. The molecule has 2 heterocycles. The fraction of sp³-hybridized carbons (Fsp3) is 0.160. The van der Waals surface area contributed by atoms with E-state index in [1.165, 1.54) is 36.3 Å². The lowest BCUT2D eigenvalue weighted by Gasteiger charge is -2.44. The Morgan fingerprint density at radius 3 is 2.46 bits per heavy atom. The minimum Gasteiger partial charge on any atom is -0.497 e. The molecule has 5 rings (SSSR count). The minimum atomic E-state index is -4.99. The summed E-state index contributed by atoms with van der Waals surface area (Å²) in [6, 6.07) is 13.4. The van der Waals surface area contributed by atoms with E-state index < -0.39 is 23.6 Å². The monoisotopic (exact) mass is 503 g/mol. The van der Waals surface area contributed by atoms with Gasteiger partial charge in [0, 0.05) is 33.2 Å². The van der Waals surface area contributed by atoms with Gasteiger partial charge in [0.15, 0.2) is 5.54 Å². The third-order valence-electron chi connectivity index (χ3n) is 6.17. The second-order valence-corrected chi connectivity index (χ2v) is 8.60. The number of anilines is 1. The topological polar surface area (TPSA) is 57.4 Å². The summed E-state index contributed by atoms with van der Waals surface area (Å²) in [7, 11) is 1.51. The molecule has 1 aromatic heterocycles. The van der Waals surface area contributed by atoms with Crippen LogP contribution in [0, 0.1) is 5.82 Å². The van der Waals surface area contributed by atoms with Gasteiger partial charge in [-0.15, -0.1) is 0 Å². The zero-order valence-electron chi connectivity index (χ0n) is 18.2. The Kier molecular flexibility index (Phi) is 5.40. The number of urea groups is 1. The molecule has 0 fully saturated rings. The van der Waals surface area contributed by atoms with E-state index in [9.17, 15) is 9.18 Å². The van der Waals surface area contributed by atoms with E-state index in [2.05, 4.69) is 10.3 Å². The van der Waals surface area contributed by atoms with Gasteiger partial charge in [0.2, 0.25) is 0 Å². The number of ether oxygens (including phenoxy) is 1. The molecule has 3 aromatic carbocycles. The van der Waals surface area contributed by atoms with E-state index >= 15 is 13.2 Å². The Labute approximate surface area is 202 Å². The summed E-state index contributed by atoms with van der Waals surface area (Å²) in [6.07, 6.45) is -3.85. The van der Waals surface area contributed by atoms with Crippen molar-refractivity contribution in [3.8, 4) is 5.75 Å². The number of alkyl halides is 3. The summed E-state index contributed by atoms with van der Waals surface area (Å²) in [4.78, 5) is 17.3. The van der Waals surface area contributed by atoms with Crippen molar-refractivity contribution in [1.29, 1.82) is 0 Å². The number of benzene rings is 3. The first-order valence-electron chi connectivity index (χ1n) is 10.5. The number of aromatic amines is 1. The first-order valence-corrected chi connectivity index (χ1v) is 10.9. The SMILES string of the molecule is COc1ccc(CN2C(=O)N[C@](c3c[nH]c4ccc(F)cc34)(C(F)(F)F)c3cc(Cl)ccc32)cc1. The van der Waals surface area contributed by atoms with Crippen LogP contribution in [0.4, 0.5) is 28.0 Å². The quantitative estimate of drug-likeness (QED) is 0.312. The van der Waals surface area contributed by atoms with E-state index in [0.717, 1.165) is 18.3 Å². The van der Waals surface area contributed by atoms with Gasteiger partial charge in [-0.3, -0.25) is 4.90 Å². The third kappa shape index (κ3) is 3.67. The van der Waals surface area contributed by atoms with Crippen molar-refractivity contribution in [2.45, 2.75) is 18.3 Å². The third-order valence-corrected chi connectivity index (χ3v) is 6.40. The van der Waals surface area contributed by atoms with Gasteiger partial charge in [0.05, 0.1) is 19.3 Å². The number of nitrogens with one attached hydrogen (secondary N) is 2. The zero-order chi connectivity index (χ0) is 25.0. The number of amides is 2. The van der Waals surface area contributed by atoms with Gasteiger partial charge in [-0.05, 0) is 54.1 Å². The smallest absolute Gasteiger partial charge is 0.420 e. The van der Waals surface area contributed by atoms with Gasteiger partial charge in [-0.1, -0.05) is 23.7 Å². The number of rotatable bonds is 4. The predicted molar refractivity (Wildman–Crippen MR) is 124 cm³/mol. The minimum absolute atomic E-state index is 0.000903. The number of nitrogens with zero attached hydrogens (tertiary/aromatic N) is 1. The Balaban J connectivity index is 1.72. The van der Waals surface area contributed by atoms with Crippen LogP contribution >= 0.6 is 11.6 Å². The Morgan fingerprint density at radius 2 is 1.77 bits per heavy atom. The van der Waals surface area contributed by atoms with Crippen LogP contribution in [0.15, 0.2) is 66.9 Å². The predicted octanol–water partition coefficient (Wildman–Crippen LogP) is 6.50. The molecule has 2 N–H and O–H groups in total. The fourth-order valence-electron chi connectivity index (χ4n) is 4.51. The molecule has 0 radical (unpaired) electrons. The molecule has 2 amide bonds. The number of hydrogen-bond acceptors (Lipinski definition) is 2. The van der Waals surface area contributed by atoms with Crippen LogP contribution in [0.5, 0.6) is 5.75 Å². The number of H-pyrrole nitrogens is 1. The van der Waals surface area contributed by atoms with Gasteiger partial charge in [-0.25, -0.2) is 9.18 Å². The van der Waals surface area contributed by atoms with Crippen LogP contribution < -0.4 is 15.0 Å². The Morgan fingerprint density at radius 1 is 1.03 bits per heavy atom. The lowest BCUT2D eigenvalue weighted by atomic mass is 9.79. The number of fused-ring (bicyclic) bond motifs is 2. The number of halogens is 5. The van der Waals surface area contributed by atoms with E-state index in [-0.39, 0.29) is 33.8 Å². The summed E-state index contributed by atoms with van der Waals surface area (Å²) >= 11 is 6.16. The van der Waals surface area contributed by atoms with Crippen molar-refractivity contribution in [3.05, 3.63) is 94.4 Å². The maximum atomic E-state index is 15.0. The lowest BCUT2D eigenvalue weighted by Crippen LogP contribution is -2.63. The van der Waals surface area contributed by atoms with Crippen molar-refractivity contribution in [3.63, 3.8) is 0 Å². The van der Waals surface area contributed by atoms with Gasteiger partial charge in [0.1, 0.15) is 11.6 Å². The van der Waals surface area contributed by atoms with E-state index in [0.29, 0.717) is 16.8 Å². The molecule has 1 aliphatic heterocycles. The molecule has 1 atom stereocenters. The van der Waals surface area contributed by atoms with Crippen molar-refractivity contribution in [2.75, 3.05) is 12.0 Å². The second-order valence-electron chi connectivity index (χ2n) is 8.17. The highest BCUT2D eigenvalue weighted by Gasteiger charge is 2.62. The Hall–Kier alpha value is -3.72. The molecular formula is C25H18ClF4N3O2. The largest absolute Gasteiger partial charge is 0.497 e. The Bertz CT molecular complexity index is 1440. The van der Waals surface area contributed by atoms with Crippen LogP contribution in [0.25, 0.3) is 10.9 Å². The summed E-state index contributed by atoms with van der Waals surface area (Å²) in [5.41, 5.74) is -2.56. The fourth-order valence-corrected chi connectivity index (χ4v) is 4.68. The van der Waals surface area contributed by atoms with Crippen LogP contribution in [0.1, 0.15) is 16.7 Å². The average molecular weight is 504 g/mol. The molecule has 1 aliphatic rings. The van der Waals surface area contributed by atoms with Crippen LogP contribution in [0.2, 0.25) is 5.02 Å². The summed E-state index contributed by atoms with van der Waals surface area (Å²) in [5.74, 6) is -0.100. The van der Waals surface area contributed by atoms with Crippen molar-refractivity contribution in [1.82, 2.24) is 10.3 Å². The first-order chi connectivity index (χ1) is 16.6. The normalized spacial score (nSPS) is 17.9. The molecule has 4 aromatic rings. The summed E-state index contributed by atoms with van der Waals surface area (Å²) in [6.45, 7) is 0.000903. The molecule has 0 bridgehead atoms. The van der Waals surface area contributed by atoms with Crippen LogP contribution in [-0.2, 0) is 12.1 Å². The number of methoxy groups -OCH3 is 1. The maximum absolute atomic E-state index is 15.0. The van der Waals surface area contributed by atoms with Gasteiger partial charge in [-0.2, -0.15) is 13.2 Å². The molecule has 0 spiro atoms. The van der Waals surface area contributed by atoms with Crippen LogP contribution in [-0.4, -0.2) is 24.3 Å². The molecule has 180 valence electrons. The van der Waals surface area contributed by atoms with Gasteiger partial charge >= 0.3 is 12.2 Å². The van der Waals surface area contributed by atoms with Gasteiger partial charge < -0.3 is 15.0 Å². The van der Waals surface area contributed by atoms with Crippen molar-refractivity contribution >= 4 is 34.2 Å². The highest BCUT2D eigenvalue weighted by atomic mass is 35.5. The summed E-state index contributed by atoms with van der Waals surface area (Å²) in [5, 5.41) is 2.25. The highest BCUT2D eigenvalue weighted by molar-refractivity contribution is 6.30. The molecular weight excluding hydrogens is 486 g/mol. The molecule has 0 unspecified atom stereocenters. The van der Waals surface area contributed by atoms with Crippen LogP contribution in [0.3, 0.4) is 0 Å². The maximum Gasteiger partial charge on any atom is 0.420 e. The average Bonchev–Trinajstić information content (AvgIpc) is 3.23. The lowest BCUT2D eigenvalue weighted by molar-refractivity contribution is -0.184. The first kappa shape index (κ1) is 23.0. The zero-order valence-corrected chi connectivity index (χ0v) is 19.0. The standard InChI is InChI=1S/C25H18ClF4N3O2/c1-35-17-6-2-14(3-7-17)13-33-22-9-4-15(26)10-19(22)24(25(28,29)30,32-23(33)34)20-12-31-21-8-5-16(27)11-18(20)21/h2-12,31H,13H2,1H3,(H,32,34)/t24-/m1/s1. The molecule has 35 heavy (non-hydrogen) atoms. The molecule has 10 heteroatoms.